The predicted molar refractivity (Wildman–Crippen MR) is 92.9 cm³/mol. The Bertz CT molecular complexity index is 810. The number of rotatable bonds is 5. The van der Waals surface area contributed by atoms with E-state index in [0.29, 0.717) is 11.4 Å². The number of hydrogen-bond acceptors (Lipinski definition) is 5. The van der Waals surface area contributed by atoms with Gasteiger partial charge in [0, 0.05) is 17.5 Å². The van der Waals surface area contributed by atoms with Crippen LogP contribution in [0, 0.1) is 20.8 Å². The molecule has 1 aromatic heterocycles. The van der Waals surface area contributed by atoms with Gasteiger partial charge in [-0.3, -0.25) is 4.79 Å². The number of aromatic nitrogens is 1. The highest BCUT2D eigenvalue weighted by molar-refractivity contribution is 6.24. The third-order valence-corrected chi connectivity index (χ3v) is 3.67. The van der Waals surface area contributed by atoms with Crippen molar-refractivity contribution in [2.75, 3.05) is 12.4 Å². The molecule has 0 fully saturated rings. The van der Waals surface area contributed by atoms with Gasteiger partial charge in [0.15, 0.2) is 0 Å². The van der Waals surface area contributed by atoms with Crippen LogP contribution in [0.25, 0.3) is 0 Å². The molecule has 0 amide bonds. The monoisotopic (exact) mass is 324 g/mol. The molecule has 0 unspecified atom stereocenters. The number of carbonyl (C=O) groups is 2. The van der Waals surface area contributed by atoms with Crippen LogP contribution in [0.15, 0.2) is 48.2 Å². The number of ketones is 1. The minimum absolute atomic E-state index is 0.0796. The van der Waals surface area contributed by atoms with Crippen molar-refractivity contribution in [2.24, 2.45) is 0 Å². The van der Waals surface area contributed by atoms with Crippen LogP contribution in [-0.2, 0) is 9.53 Å². The summed E-state index contributed by atoms with van der Waals surface area (Å²) in [6.07, 6.45) is 1.34. The largest absolute Gasteiger partial charge is 0.465 e. The molecule has 0 saturated carbocycles. The van der Waals surface area contributed by atoms with Gasteiger partial charge in [0.05, 0.1) is 7.11 Å². The zero-order chi connectivity index (χ0) is 17.7. The minimum Gasteiger partial charge on any atom is -0.465 e. The maximum Gasteiger partial charge on any atom is 0.343 e. The number of methoxy groups -OCH3 is 1. The zero-order valence-corrected chi connectivity index (χ0v) is 14.2. The van der Waals surface area contributed by atoms with Crippen molar-refractivity contribution in [3.8, 4) is 0 Å². The van der Waals surface area contributed by atoms with Crippen LogP contribution >= 0.6 is 0 Å². The molecule has 0 atom stereocenters. The molecule has 1 N–H and O–H groups in total. The maximum absolute atomic E-state index is 12.7. The molecule has 0 radical (unpaired) electrons. The van der Waals surface area contributed by atoms with Gasteiger partial charge in [0.1, 0.15) is 11.4 Å². The molecule has 2 rings (SSSR count). The second kappa shape index (κ2) is 7.55. The fraction of sp³-hybridized carbons (Fsp3) is 0.211. The first kappa shape index (κ1) is 17.4. The quantitative estimate of drug-likeness (QED) is 0.300. The summed E-state index contributed by atoms with van der Waals surface area (Å²) in [6.45, 7) is 5.74. The van der Waals surface area contributed by atoms with Crippen LogP contribution in [0.1, 0.15) is 27.2 Å². The maximum atomic E-state index is 12.7. The number of nitrogens with zero attached hydrogens (tertiary/aromatic N) is 1. The highest BCUT2D eigenvalue weighted by atomic mass is 16.5. The molecule has 2 aromatic rings. The molecule has 24 heavy (non-hydrogen) atoms. The summed E-state index contributed by atoms with van der Waals surface area (Å²) >= 11 is 0. The van der Waals surface area contributed by atoms with Gasteiger partial charge < -0.3 is 10.1 Å². The van der Waals surface area contributed by atoms with E-state index in [1.807, 2.05) is 39.0 Å². The van der Waals surface area contributed by atoms with Crippen molar-refractivity contribution >= 4 is 17.6 Å². The Morgan fingerprint density at radius 2 is 1.83 bits per heavy atom. The third-order valence-electron chi connectivity index (χ3n) is 3.67. The lowest BCUT2D eigenvalue weighted by Gasteiger charge is -2.08. The van der Waals surface area contributed by atoms with Gasteiger partial charge >= 0.3 is 5.97 Å². The number of anilines is 1. The Morgan fingerprint density at radius 3 is 2.46 bits per heavy atom. The van der Waals surface area contributed by atoms with Gasteiger partial charge in [0.2, 0.25) is 5.78 Å². The van der Waals surface area contributed by atoms with Gasteiger partial charge in [-0.15, -0.1) is 0 Å². The first-order chi connectivity index (χ1) is 11.4. The Kier molecular flexibility index (Phi) is 5.47. The molecular formula is C19H20N2O3. The molecule has 124 valence electrons. The van der Waals surface area contributed by atoms with Crippen LogP contribution in [-0.4, -0.2) is 23.8 Å². The Hall–Kier alpha value is -2.95. The van der Waals surface area contributed by atoms with E-state index < -0.39 is 11.8 Å². The highest BCUT2D eigenvalue weighted by Crippen LogP contribution is 2.15. The summed E-state index contributed by atoms with van der Waals surface area (Å²) in [5.41, 5.74) is 3.25. The van der Waals surface area contributed by atoms with E-state index in [2.05, 4.69) is 10.3 Å². The second-order valence-electron chi connectivity index (χ2n) is 5.49. The molecule has 5 nitrogen and oxygen atoms in total. The molecular weight excluding hydrogens is 304 g/mol. The number of benzene rings is 1. The third kappa shape index (κ3) is 4.07. The number of hydrogen-bond donors (Lipinski definition) is 1. The fourth-order valence-corrected chi connectivity index (χ4v) is 2.13. The summed E-state index contributed by atoms with van der Waals surface area (Å²) in [7, 11) is 1.24. The Labute approximate surface area is 141 Å². The topological polar surface area (TPSA) is 68.3 Å². The van der Waals surface area contributed by atoms with Gasteiger partial charge in [0.25, 0.3) is 0 Å². The van der Waals surface area contributed by atoms with Gasteiger partial charge in [-0.1, -0.05) is 18.2 Å². The smallest absolute Gasteiger partial charge is 0.343 e. The average molecular weight is 324 g/mol. The van der Waals surface area contributed by atoms with Crippen molar-refractivity contribution in [1.82, 2.24) is 4.98 Å². The van der Waals surface area contributed by atoms with E-state index in [9.17, 15) is 9.59 Å². The standard InChI is InChI=1S/C19H20N2O3/c1-12-8-9-15(10-13(12)2)18(22)16(19(23)24-4)11-20-17-7-5-6-14(3)21-17/h5-11H,1-4H3,(H,20,21)/b16-11-. The molecule has 0 aliphatic heterocycles. The number of carbonyl (C=O) groups excluding carboxylic acids is 2. The van der Waals surface area contributed by atoms with Crippen LogP contribution in [0.2, 0.25) is 0 Å². The lowest BCUT2D eigenvalue weighted by molar-refractivity contribution is -0.135. The Balaban J connectivity index is 2.33. The Morgan fingerprint density at radius 1 is 1.08 bits per heavy atom. The normalized spacial score (nSPS) is 11.1. The van der Waals surface area contributed by atoms with E-state index in [0.717, 1.165) is 16.8 Å². The number of Topliss-reactive ketones (excluding diaryl/α,β-unsaturated/α-hetero) is 1. The van der Waals surface area contributed by atoms with Crippen molar-refractivity contribution in [3.05, 3.63) is 70.6 Å². The van der Waals surface area contributed by atoms with Crippen molar-refractivity contribution in [2.45, 2.75) is 20.8 Å². The molecule has 0 aliphatic carbocycles. The number of esters is 1. The van der Waals surface area contributed by atoms with E-state index in [1.165, 1.54) is 13.3 Å². The number of ether oxygens (including phenoxy) is 1. The van der Waals surface area contributed by atoms with Crippen molar-refractivity contribution < 1.29 is 14.3 Å². The average Bonchev–Trinajstić information content (AvgIpc) is 2.57. The van der Waals surface area contributed by atoms with Crippen molar-refractivity contribution in [3.63, 3.8) is 0 Å². The van der Waals surface area contributed by atoms with Gasteiger partial charge in [-0.05, 0) is 50.1 Å². The van der Waals surface area contributed by atoms with E-state index >= 15 is 0 Å². The molecule has 1 aromatic carbocycles. The minimum atomic E-state index is -0.696. The summed E-state index contributed by atoms with van der Waals surface area (Å²) in [6, 6.07) is 10.8. The SMILES string of the molecule is COC(=O)/C(=C\Nc1cccc(C)n1)C(=O)c1ccc(C)c(C)c1. The van der Waals surface area contributed by atoms with Crippen LogP contribution in [0.5, 0.6) is 0 Å². The lowest BCUT2D eigenvalue weighted by Crippen LogP contribution is -2.16. The van der Waals surface area contributed by atoms with E-state index in [-0.39, 0.29) is 5.57 Å². The van der Waals surface area contributed by atoms with Gasteiger partial charge in [-0.2, -0.15) is 0 Å². The zero-order valence-electron chi connectivity index (χ0n) is 14.2. The number of nitrogens with one attached hydrogen (secondary N) is 1. The van der Waals surface area contributed by atoms with E-state index in [4.69, 9.17) is 4.74 Å². The molecule has 1 heterocycles. The van der Waals surface area contributed by atoms with Crippen LogP contribution in [0.3, 0.4) is 0 Å². The number of pyridine rings is 1. The predicted octanol–water partition coefficient (Wildman–Crippen LogP) is 3.36. The fourth-order valence-electron chi connectivity index (χ4n) is 2.13. The highest BCUT2D eigenvalue weighted by Gasteiger charge is 2.21. The van der Waals surface area contributed by atoms with Crippen LogP contribution < -0.4 is 5.32 Å². The molecule has 0 aliphatic rings. The summed E-state index contributed by atoms with van der Waals surface area (Å²) < 4.78 is 4.73. The molecule has 0 bridgehead atoms. The van der Waals surface area contributed by atoms with Crippen molar-refractivity contribution in [1.29, 1.82) is 0 Å². The number of aryl methyl sites for hydroxylation is 3. The summed E-state index contributed by atoms with van der Waals surface area (Å²) in [5.74, 6) is -0.548. The summed E-state index contributed by atoms with van der Waals surface area (Å²) in [4.78, 5) is 28.9. The van der Waals surface area contributed by atoms with Gasteiger partial charge in [-0.25, -0.2) is 9.78 Å². The second-order valence-corrected chi connectivity index (χ2v) is 5.49. The van der Waals surface area contributed by atoms with Crippen LogP contribution in [0.4, 0.5) is 5.82 Å². The molecule has 5 heteroatoms. The first-order valence-corrected chi connectivity index (χ1v) is 7.53. The van der Waals surface area contributed by atoms with E-state index in [1.54, 1.807) is 18.2 Å². The summed E-state index contributed by atoms with van der Waals surface area (Å²) in [5, 5.41) is 2.88. The first-order valence-electron chi connectivity index (χ1n) is 7.53. The lowest BCUT2D eigenvalue weighted by atomic mass is 10.00. The molecule has 0 spiro atoms. The molecule has 0 saturated heterocycles.